The monoisotopic (exact) mass is 347 g/mol. The predicted molar refractivity (Wildman–Crippen MR) is 99.4 cm³/mol. The van der Waals surface area contributed by atoms with Gasteiger partial charge in [-0.1, -0.05) is 12.1 Å². The second-order valence-corrected chi connectivity index (χ2v) is 6.15. The van der Waals surface area contributed by atoms with Crippen LogP contribution >= 0.6 is 0 Å². The van der Waals surface area contributed by atoms with Gasteiger partial charge in [0.1, 0.15) is 23.4 Å². The molecule has 3 aromatic heterocycles. The molecule has 7 nitrogen and oxygen atoms in total. The maximum Gasteiger partial charge on any atom is 0.194 e. The zero-order valence-corrected chi connectivity index (χ0v) is 14.4. The van der Waals surface area contributed by atoms with E-state index in [1.807, 2.05) is 34.9 Å². The number of hydrogen-bond acceptors (Lipinski definition) is 6. The lowest BCUT2D eigenvalue weighted by Gasteiger charge is -2.11. The summed E-state index contributed by atoms with van der Waals surface area (Å²) in [6.45, 7) is 4.12. The smallest absolute Gasteiger partial charge is 0.194 e. The molecule has 1 aromatic carbocycles. The van der Waals surface area contributed by atoms with Crippen molar-refractivity contribution in [2.45, 2.75) is 19.9 Å². The van der Waals surface area contributed by atoms with E-state index in [2.05, 4.69) is 34.3 Å². The molecule has 0 radical (unpaired) electrons. The first-order valence-electron chi connectivity index (χ1n) is 8.28. The van der Waals surface area contributed by atoms with E-state index in [4.69, 9.17) is 4.42 Å². The van der Waals surface area contributed by atoms with E-state index in [0.29, 0.717) is 34.0 Å². The Morgan fingerprint density at radius 3 is 2.81 bits per heavy atom. The van der Waals surface area contributed by atoms with Crippen molar-refractivity contribution < 1.29 is 4.42 Å². The zero-order chi connectivity index (χ0) is 18.1. The zero-order valence-electron chi connectivity index (χ0n) is 14.4. The minimum Gasteiger partial charge on any atom is -0.464 e. The minimum atomic E-state index is -0.106. The van der Waals surface area contributed by atoms with Crippen molar-refractivity contribution >= 4 is 22.5 Å². The fourth-order valence-electron chi connectivity index (χ4n) is 2.81. The molecule has 130 valence electrons. The molecule has 0 unspecified atom stereocenters. The number of hydrogen-bond donors (Lipinski definition) is 1. The Kier molecular flexibility index (Phi) is 3.96. The van der Waals surface area contributed by atoms with E-state index in [9.17, 15) is 4.79 Å². The van der Waals surface area contributed by atoms with Crippen molar-refractivity contribution in [3.63, 3.8) is 0 Å². The van der Waals surface area contributed by atoms with Crippen LogP contribution in [0.2, 0.25) is 0 Å². The lowest BCUT2D eigenvalue weighted by atomic mass is 10.2. The second-order valence-electron chi connectivity index (χ2n) is 6.15. The third kappa shape index (κ3) is 2.83. The molecule has 0 amide bonds. The number of nitrogens with zero attached hydrogens (tertiary/aromatic N) is 4. The highest BCUT2D eigenvalue weighted by Gasteiger charge is 2.12. The quantitative estimate of drug-likeness (QED) is 0.605. The highest BCUT2D eigenvalue weighted by atomic mass is 16.3. The Morgan fingerprint density at radius 2 is 1.96 bits per heavy atom. The second kappa shape index (κ2) is 6.44. The molecule has 0 fully saturated rings. The highest BCUT2D eigenvalue weighted by molar-refractivity contribution is 5.91. The first-order chi connectivity index (χ1) is 12.6. The highest BCUT2D eigenvalue weighted by Crippen LogP contribution is 2.25. The number of anilines is 2. The van der Waals surface area contributed by atoms with Gasteiger partial charge in [-0.25, -0.2) is 4.98 Å². The SMILES string of the molecule is CC(C)n1cnnc1-c1cccc(Nc2cccc3occc(=O)c23)n1. The normalized spacial score (nSPS) is 11.2. The Labute approximate surface area is 149 Å². The van der Waals surface area contributed by atoms with E-state index in [1.165, 1.54) is 12.3 Å². The van der Waals surface area contributed by atoms with Crippen molar-refractivity contribution in [2.75, 3.05) is 5.32 Å². The largest absolute Gasteiger partial charge is 0.464 e. The Balaban J connectivity index is 1.75. The number of fused-ring (bicyclic) bond motifs is 1. The number of pyridine rings is 1. The summed E-state index contributed by atoms with van der Waals surface area (Å²) < 4.78 is 7.37. The molecular formula is C19H17N5O2. The fraction of sp³-hybridized carbons (Fsp3) is 0.158. The van der Waals surface area contributed by atoms with Gasteiger partial charge in [0, 0.05) is 12.1 Å². The molecule has 3 heterocycles. The van der Waals surface area contributed by atoms with Crippen LogP contribution in [0.3, 0.4) is 0 Å². The molecular weight excluding hydrogens is 330 g/mol. The first-order valence-corrected chi connectivity index (χ1v) is 8.28. The topological polar surface area (TPSA) is 85.8 Å². The van der Waals surface area contributed by atoms with Crippen molar-refractivity contribution in [3.05, 3.63) is 65.3 Å². The van der Waals surface area contributed by atoms with Crippen molar-refractivity contribution in [3.8, 4) is 11.5 Å². The van der Waals surface area contributed by atoms with Crippen LogP contribution in [0.15, 0.2) is 64.3 Å². The molecule has 1 N–H and O–H groups in total. The summed E-state index contributed by atoms with van der Waals surface area (Å²) in [5.74, 6) is 1.30. The van der Waals surface area contributed by atoms with Gasteiger partial charge in [-0.05, 0) is 38.1 Å². The number of nitrogens with one attached hydrogen (secondary N) is 1. The standard InChI is InChI=1S/C19H17N5O2/c1-12(2)24-11-20-23-19(24)14-6-4-8-17(22-14)21-13-5-3-7-16-18(13)15(25)9-10-26-16/h3-12H,1-2H3,(H,21,22). The fourth-order valence-corrected chi connectivity index (χ4v) is 2.81. The lowest BCUT2D eigenvalue weighted by Crippen LogP contribution is -2.05. The van der Waals surface area contributed by atoms with E-state index in [1.54, 1.807) is 12.4 Å². The Hall–Kier alpha value is -3.48. The molecule has 7 heteroatoms. The molecule has 0 saturated carbocycles. The number of rotatable bonds is 4. The Bertz CT molecular complexity index is 1120. The van der Waals surface area contributed by atoms with Crippen LogP contribution in [0.5, 0.6) is 0 Å². The molecule has 0 spiro atoms. The van der Waals surface area contributed by atoms with Gasteiger partial charge >= 0.3 is 0 Å². The van der Waals surface area contributed by atoms with E-state index in [0.717, 1.165) is 0 Å². The van der Waals surface area contributed by atoms with Crippen molar-refractivity contribution in [1.82, 2.24) is 19.7 Å². The molecule has 0 atom stereocenters. The molecule has 0 aliphatic rings. The first kappa shape index (κ1) is 16.0. The average Bonchev–Trinajstić information content (AvgIpc) is 3.12. The van der Waals surface area contributed by atoms with Crippen LogP contribution in [0.25, 0.3) is 22.5 Å². The molecule has 0 bridgehead atoms. The van der Waals surface area contributed by atoms with E-state index < -0.39 is 0 Å². The molecule has 0 aliphatic heterocycles. The molecule has 0 aliphatic carbocycles. The van der Waals surface area contributed by atoms with Gasteiger partial charge in [-0.2, -0.15) is 0 Å². The van der Waals surface area contributed by atoms with Gasteiger partial charge in [-0.3, -0.25) is 4.79 Å². The average molecular weight is 347 g/mol. The van der Waals surface area contributed by atoms with E-state index in [-0.39, 0.29) is 11.5 Å². The van der Waals surface area contributed by atoms with Gasteiger partial charge in [-0.15, -0.1) is 10.2 Å². The van der Waals surface area contributed by atoms with Crippen LogP contribution in [-0.4, -0.2) is 19.7 Å². The van der Waals surface area contributed by atoms with Gasteiger partial charge in [0.15, 0.2) is 11.3 Å². The van der Waals surface area contributed by atoms with Gasteiger partial charge in [0.2, 0.25) is 0 Å². The van der Waals surface area contributed by atoms with Crippen molar-refractivity contribution in [1.29, 1.82) is 0 Å². The van der Waals surface area contributed by atoms with E-state index >= 15 is 0 Å². The summed E-state index contributed by atoms with van der Waals surface area (Å²) in [6.07, 6.45) is 3.09. The summed E-state index contributed by atoms with van der Waals surface area (Å²) >= 11 is 0. The predicted octanol–water partition coefficient (Wildman–Crippen LogP) is 3.77. The summed E-state index contributed by atoms with van der Waals surface area (Å²) in [4.78, 5) is 16.8. The molecule has 4 aromatic rings. The van der Waals surface area contributed by atoms with Crippen LogP contribution in [0.1, 0.15) is 19.9 Å². The lowest BCUT2D eigenvalue weighted by molar-refractivity contribution is 0.602. The third-order valence-corrected chi connectivity index (χ3v) is 4.06. The Morgan fingerprint density at radius 1 is 1.12 bits per heavy atom. The van der Waals surface area contributed by atoms with Crippen LogP contribution in [0, 0.1) is 0 Å². The van der Waals surface area contributed by atoms with Gasteiger partial charge in [0.05, 0.1) is 17.3 Å². The van der Waals surface area contributed by atoms with Crippen LogP contribution in [-0.2, 0) is 0 Å². The summed E-state index contributed by atoms with van der Waals surface area (Å²) in [5.41, 5.74) is 1.77. The van der Waals surface area contributed by atoms with Gasteiger partial charge < -0.3 is 14.3 Å². The summed E-state index contributed by atoms with van der Waals surface area (Å²) in [7, 11) is 0. The maximum atomic E-state index is 12.2. The molecule has 26 heavy (non-hydrogen) atoms. The maximum absolute atomic E-state index is 12.2. The molecule has 0 saturated heterocycles. The third-order valence-electron chi connectivity index (χ3n) is 4.06. The summed E-state index contributed by atoms with van der Waals surface area (Å²) in [6, 6.07) is 12.6. The van der Waals surface area contributed by atoms with Crippen LogP contribution in [0.4, 0.5) is 11.5 Å². The van der Waals surface area contributed by atoms with Crippen molar-refractivity contribution in [2.24, 2.45) is 0 Å². The molecule has 4 rings (SSSR count). The number of aromatic nitrogens is 4. The van der Waals surface area contributed by atoms with Gasteiger partial charge in [0.25, 0.3) is 0 Å². The number of benzene rings is 1. The summed E-state index contributed by atoms with van der Waals surface area (Å²) in [5, 5.41) is 11.9. The van der Waals surface area contributed by atoms with Crippen LogP contribution < -0.4 is 10.7 Å². The minimum absolute atomic E-state index is 0.106.